The first-order chi connectivity index (χ1) is 14.6. The summed E-state index contributed by atoms with van der Waals surface area (Å²) in [4.78, 5) is 12.4. The lowest BCUT2D eigenvalue weighted by atomic mass is 10.2. The molecule has 5 nitrogen and oxygen atoms in total. The van der Waals surface area contributed by atoms with Gasteiger partial charge in [-0.1, -0.05) is 42.0 Å². The standard InChI is InChI=1S/C22H19F3N2O3S/c1-16-10-12-20(13-11-16)31(29,30)27(15-21(28)26-18-7-3-2-4-8-18)19-9-5-6-17(14-19)22(23,24)25/h2-14H,15H2,1H3,(H,26,28). The summed E-state index contributed by atoms with van der Waals surface area (Å²) >= 11 is 0. The third-order valence-corrected chi connectivity index (χ3v) is 6.20. The van der Waals surface area contributed by atoms with E-state index in [1.165, 1.54) is 18.2 Å². The van der Waals surface area contributed by atoms with Gasteiger partial charge in [0, 0.05) is 5.69 Å². The number of para-hydroxylation sites is 1. The van der Waals surface area contributed by atoms with Crippen molar-refractivity contribution in [1.82, 2.24) is 0 Å². The average molecular weight is 448 g/mol. The van der Waals surface area contributed by atoms with E-state index in [1.54, 1.807) is 49.4 Å². The van der Waals surface area contributed by atoms with Crippen LogP contribution >= 0.6 is 0 Å². The minimum absolute atomic E-state index is 0.136. The number of hydrogen-bond acceptors (Lipinski definition) is 3. The van der Waals surface area contributed by atoms with Gasteiger partial charge in [0.2, 0.25) is 5.91 Å². The van der Waals surface area contributed by atoms with E-state index in [2.05, 4.69) is 5.32 Å². The van der Waals surface area contributed by atoms with E-state index in [1.807, 2.05) is 0 Å². The van der Waals surface area contributed by atoms with Crippen LogP contribution < -0.4 is 9.62 Å². The topological polar surface area (TPSA) is 66.5 Å². The largest absolute Gasteiger partial charge is 0.416 e. The molecule has 0 fully saturated rings. The van der Waals surface area contributed by atoms with E-state index in [0.717, 1.165) is 17.7 Å². The molecule has 0 aromatic heterocycles. The summed E-state index contributed by atoms with van der Waals surface area (Å²) in [5.41, 5.74) is -0.0354. The molecule has 1 amide bonds. The number of nitrogens with zero attached hydrogens (tertiary/aromatic N) is 1. The number of amides is 1. The number of benzene rings is 3. The maximum atomic E-state index is 13.3. The second-order valence-corrected chi connectivity index (χ2v) is 8.65. The number of carbonyl (C=O) groups is 1. The predicted octanol–water partition coefficient (Wildman–Crippen LogP) is 4.85. The molecule has 0 spiro atoms. The molecule has 0 radical (unpaired) electrons. The van der Waals surface area contributed by atoms with Gasteiger partial charge in [-0.15, -0.1) is 0 Å². The van der Waals surface area contributed by atoms with Crippen LogP contribution in [0.1, 0.15) is 11.1 Å². The van der Waals surface area contributed by atoms with Crippen molar-refractivity contribution in [3.8, 4) is 0 Å². The van der Waals surface area contributed by atoms with Gasteiger partial charge in [-0.05, 0) is 49.4 Å². The smallest absolute Gasteiger partial charge is 0.325 e. The van der Waals surface area contributed by atoms with Crippen molar-refractivity contribution in [3.05, 3.63) is 90.0 Å². The van der Waals surface area contributed by atoms with E-state index >= 15 is 0 Å². The lowest BCUT2D eigenvalue weighted by Gasteiger charge is -2.25. The van der Waals surface area contributed by atoms with Crippen LogP contribution in [0.5, 0.6) is 0 Å². The van der Waals surface area contributed by atoms with Crippen molar-refractivity contribution in [2.24, 2.45) is 0 Å². The summed E-state index contributed by atoms with van der Waals surface area (Å²) in [6, 6.07) is 18.0. The summed E-state index contributed by atoms with van der Waals surface area (Å²) in [5, 5.41) is 2.55. The second-order valence-electron chi connectivity index (χ2n) is 6.79. The highest BCUT2D eigenvalue weighted by molar-refractivity contribution is 7.92. The molecule has 9 heteroatoms. The van der Waals surface area contributed by atoms with E-state index in [9.17, 15) is 26.4 Å². The molecule has 31 heavy (non-hydrogen) atoms. The quantitative estimate of drug-likeness (QED) is 0.586. The van der Waals surface area contributed by atoms with Gasteiger partial charge in [0.1, 0.15) is 6.54 Å². The molecular weight excluding hydrogens is 429 g/mol. The van der Waals surface area contributed by atoms with E-state index in [-0.39, 0.29) is 10.6 Å². The highest BCUT2D eigenvalue weighted by Gasteiger charge is 2.33. The lowest BCUT2D eigenvalue weighted by molar-refractivity contribution is -0.137. The van der Waals surface area contributed by atoms with Crippen molar-refractivity contribution in [2.75, 3.05) is 16.2 Å². The average Bonchev–Trinajstić information content (AvgIpc) is 2.72. The van der Waals surface area contributed by atoms with Crippen LogP contribution in [0.25, 0.3) is 0 Å². The molecule has 0 atom stereocenters. The number of nitrogens with one attached hydrogen (secondary N) is 1. The van der Waals surface area contributed by atoms with Crippen LogP contribution in [-0.4, -0.2) is 20.9 Å². The summed E-state index contributed by atoms with van der Waals surface area (Å²) in [6.07, 6.45) is -4.67. The molecule has 0 aliphatic heterocycles. The van der Waals surface area contributed by atoms with E-state index < -0.39 is 34.2 Å². The molecule has 0 saturated heterocycles. The Balaban J connectivity index is 2.01. The lowest BCUT2D eigenvalue weighted by Crippen LogP contribution is -2.38. The zero-order valence-corrected chi connectivity index (χ0v) is 17.2. The van der Waals surface area contributed by atoms with Crippen LogP contribution in [0.2, 0.25) is 0 Å². The fraction of sp³-hybridized carbons (Fsp3) is 0.136. The molecule has 3 aromatic carbocycles. The first-order valence-corrected chi connectivity index (χ1v) is 10.6. The number of halogens is 3. The van der Waals surface area contributed by atoms with Gasteiger partial charge >= 0.3 is 6.18 Å². The molecule has 0 aliphatic rings. The third kappa shape index (κ3) is 5.43. The van der Waals surface area contributed by atoms with Crippen molar-refractivity contribution in [3.63, 3.8) is 0 Å². The molecule has 0 aliphatic carbocycles. The summed E-state index contributed by atoms with van der Waals surface area (Å²) in [5.74, 6) is -0.695. The van der Waals surface area contributed by atoms with Gasteiger partial charge in [0.05, 0.1) is 16.1 Å². The van der Waals surface area contributed by atoms with E-state index in [0.29, 0.717) is 16.1 Å². The monoisotopic (exact) mass is 448 g/mol. The van der Waals surface area contributed by atoms with Gasteiger partial charge in [0.15, 0.2) is 0 Å². The van der Waals surface area contributed by atoms with Gasteiger partial charge < -0.3 is 5.32 Å². The Bertz CT molecular complexity index is 1160. The second kappa shape index (κ2) is 8.81. The molecule has 0 saturated carbocycles. The fourth-order valence-electron chi connectivity index (χ4n) is 2.84. The maximum Gasteiger partial charge on any atom is 0.416 e. The number of hydrogen-bond donors (Lipinski definition) is 1. The zero-order chi connectivity index (χ0) is 22.6. The Morgan fingerprint density at radius 3 is 2.19 bits per heavy atom. The summed E-state index contributed by atoms with van der Waals surface area (Å²) < 4.78 is 66.8. The third-order valence-electron chi connectivity index (χ3n) is 4.42. The normalized spacial score (nSPS) is 11.7. The van der Waals surface area contributed by atoms with Crippen molar-refractivity contribution >= 4 is 27.3 Å². The number of aryl methyl sites for hydroxylation is 1. The molecule has 0 bridgehead atoms. The molecule has 3 aromatic rings. The van der Waals surface area contributed by atoms with Gasteiger partial charge in [0.25, 0.3) is 10.0 Å². The number of carbonyl (C=O) groups excluding carboxylic acids is 1. The Hall–Kier alpha value is -3.33. The SMILES string of the molecule is Cc1ccc(S(=O)(=O)N(CC(=O)Nc2ccccc2)c2cccc(C(F)(F)F)c2)cc1. The van der Waals surface area contributed by atoms with Crippen LogP contribution in [0.15, 0.2) is 83.8 Å². The Morgan fingerprint density at radius 2 is 1.58 bits per heavy atom. The van der Waals surface area contributed by atoms with Crippen molar-refractivity contribution in [1.29, 1.82) is 0 Å². The summed E-state index contributed by atoms with van der Waals surface area (Å²) in [7, 11) is -4.32. The van der Waals surface area contributed by atoms with Crippen LogP contribution in [0.3, 0.4) is 0 Å². The first kappa shape index (κ1) is 22.4. The van der Waals surface area contributed by atoms with Gasteiger partial charge in [-0.25, -0.2) is 8.42 Å². The highest BCUT2D eigenvalue weighted by atomic mass is 32.2. The molecule has 0 heterocycles. The van der Waals surface area contributed by atoms with Crippen LogP contribution in [0.4, 0.5) is 24.5 Å². The molecule has 3 rings (SSSR count). The Kier molecular flexibility index (Phi) is 6.35. The maximum absolute atomic E-state index is 13.3. The fourth-order valence-corrected chi connectivity index (χ4v) is 4.26. The number of sulfonamides is 1. The van der Waals surface area contributed by atoms with Crippen molar-refractivity contribution in [2.45, 2.75) is 18.0 Å². The van der Waals surface area contributed by atoms with Crippen molar-refractivity contribution < 1.29 is 26.4 Å². The van der Waals surface area contributed by atoms with Crippen LogP contribution in [-0.2, 0) is 21.0 Å². The Labute approximate surface area is 178 Å². The minimum Gasteiger partial charge on any atom is -0.325 e. The van der Waals surface area contributed by atoms with E-state index in [4.69, 9.17) is 0 Å². The number of alkyl halides is 3. The highest BCUT2D eigenvalue weighted by Crippen LogP contribution is 2.33. The summed E-state index contributed by atoms with van der Waals surface area (Å²) in [6.45, 7) is 1.07. The molecule has 0 unspecified atom stereocenters. The predicted molar refractivity (Wildman–Crippen MR) is 112 cm³/mol. The van der Waals surface area contributed by atoms with Gasteiger partial charge in [-0.3, -0.25) is 9.10 Å². The molecular formula is C22H19F3N2O3S. The number of anilines is 2. The first-order valence-electron chi connectivity index (χ1n) is 9.19. The van der Waals surface area contributed by atoms with Crippen LogP contribution in [0, 0.1) is 6.92 Å². The minimum atomic E-state index is -4.67. The van der Waals surface area contributed by atoms with Gasteiger partial charge in [-0.2, -0.15) is 13.2 Å². The molecule has 1 N–H and O–H groups in total. The molecule has 162 valence electrons. The zero-order valence-electron chi connectivity index (χ0n) is 16.4. The number of rotatable bonds is 6. The Morgan fingerprint density at radius 1 is 0.935 bits per heavy atom.